The van der Waals surface area contributed by atoms with Crippen LogP contribution in [0.15, 0.2) is 30.3 Å². The van der Waals surface area contributed by atoms with Crippen molar-refractivity contribution in [2.24, 2.45) is 0 Å². The van der Waals surface area contributed by atoms with E-state index < -0.39 is 7.14 Å². The Bertz CT molecular complexity index is 294. The van der Waals surface area contributed by atoms with Gasteiger partial charge in [-0.15, -0.1) is 0 Å². The third-order valence-electron chi connectivity index (χ3n) is 3.80. The first kappa shape index (κ1) is 10.2. The van der Waals surface area contributed by atoms with Crippen LogP contribution in [-0.4, -0.2) is 26.1 Å². The fourth-order valence-corrected chi connectivity index (χ4v) is 5.97. The van der Waals surface area contributed by atoms with Gasteiger partial charge in [-0.3, -0.25) is 0 Å². The summed E-state index contributed by atoms with van der Waals surface area (Å²) in [6.45, 7) is 2.56. The fraction of sp³-hybridized carbons (Fsp3) is 0.500. The van der Waals surface area contributed by atoms with E-state index in [1.54, 1.807) is 11.7 Å². The molecule has 0 bridgehead atoms. The molecule has 0 aromatic heterocycles. The van der Waals surface area contributed by atoms with Gasteiger partial charge in [-0.25, -0.2) is 0 Å². The predicted octanol–water partition coefficient (Wildman–Crippen LogP) is 2.32. The second kappa shape index (κ2) is 4.07. The molecule has 14 heavy (non-hydrogen) atoms. The van der Waals surface area contributed by atoms with Gasteiger partial charge in [0.05, 0.1) is 0 Å². The van der Waals surface area contributed by atoms with Gasteiger partial charge in [0, 0.05) is 0 Å². The van der Waals surface area contributed by atoms with E-state index in [-0.39, 0.29) is 0 Å². The molecule has 0 unspecified atom stereocenters. The maximum absolute atomic E-state index is 2.56. The van der Waals surface area contributed by atoms with Crippen LogP contribution < -0.4 is 0 Å². The fourth-order valence-electron chi connectivity index (χ4n) is 2.68. The van der Waals surface area contributed by atoms with Gasteiger partial charge in [0.15, 0.2) is 0 Å². The Morgan fingerprint density at radius 2 is 2.07 bits per heavy atom. The van der Waals surface area contributed by atoms with E-state index in [0.717, 1.165) is 5.66 Å². The Labute approximate surface area is 88.8 Å². The van der Waals surface area contributed by atoms with Gasteiger partial charge in [-0.1, -0.05) is 0 Å². The molecule has 1 atom stereocenters. The van der Waals surface area contributed by atoms with E-state index in [2.05, 4.69) is 44.6 Å². The summed E-state index contributed by atoms with van der Waals surface area (Å²) < 4.78 is 0. The molecule has 2 heteroatoms. The van der Waals surface area contributed by atoms with Crippen molar-refractivity contribution < 1.29 is 0 Å². The number of benzene rings is 1. The average Bonchev–Trinajstić information content (AvgIpc) is 2.48. The summed E-state index contributed by atoms with van der Waals surface area (Å²) in [7, 11) is 1.71. The summed E-state index contributed by atoms with van der Waals surface area (Å²) >= 11 is 0. The SMILES string of the molecule is B[PH]1(C)CCC[C@@H]1Cc1ccccc1. The van der Waals surface area contributed by atoms with E-state index in [1.807, 2.05) is 0 Å². The van der Waals surface area contributed by atoms with Gasteiger partial charge in [0.1, 0.15) is 0 Å². The van der Waals surface area contributed by atoms with Crippen LogP contribution in [-0.2, 0) is 6.42 Å². The summed E-state index contributed by atoms with van der Waals surface area (Å²) in [6, 6.07) is 11.0. The molecule has 1 aromatic carbocycles. The average molecular weight is 206 g/mol. The number of hydrogen-bond donors (Lipinski definition) is 0. The zero-order valence-corrected chi connectivity index (χ0v) is 10.3. The Hall–Kier alpha value is -0.285. The molecule has 0 amide bonds. The number of hydrogen-bond acceptors (Lipinski definition) is 0. The second-order valence-corrected chi connectivity index (χ2v) is 10.6. The van der Waals surface area contributed by atoms with Crippen LogP contribution in [0.3, 0.4) is 0 Å². The van der Waals surface area contributed by atoms with Crippen molar-refractivity contribution in [2.45, 2.75) is 24.9 Å². The Kier molecular flexibility index (Phi) is 2.97. The Morgan fingerprint density at radius 3 is 2.64 bits per heavy atom. The standard InChI is InChI=1S/C12H20BP/c1-14(13)9-5-8-12(14)10-11-6-3-2-4-7-11/h2-4,6-7,12,14H,5,8-10,13H2,1H3/t12-/m1/s1. The van der Waals surface area contributed by atoms with Gasteiger partial charge in [-0.2, -0.15) is 0 Å². The van der Waals surface area contributed by atoms with Crippen LogP contribution in [0.4, 0.5) is 0 Å². The van der Waals surface area contributed by atoms with Gasteiger partial charge in [-0.05, 0) is 0 Å². The van der Waals surface area contributed by atoms with Gasteiger partial charge in [0.25, 0.3) is 0 Å². The first-order valence-electron chi connectivity index (χ1n) is 5.72. The zero-order chi connectivity index (χ0) is 10.0. The molecular weight excluding hydrogens is 186 g/mol. The van der Waals surface area contributed by atoms with Crippen molar-refractivity contribution in [1.82, 2.24) is 0 Å². The summed E-state index contributed by atoms with van der Waals surface area (Å²) in [6.07, 6.45) is 5.84. The maximum atomic E-state index is 2.56. The van der Waals surface area contributed by atoms with Gasteiger partial charge < -0.3 is 0 Å². The quantitative estimate of drug-likeness (QED) is 0.514. The summed E-state index contributed by atoms with van der Waals surface area (Å²) in [5, 5.41) is 0. The molecule has 0 radical (unpaired) electrons. The topological polar surface area (TPSA) is 0 Å². The molecule has 0 aliphatic carbocycles. The molecule has 2 rings (SSSR count). The molecular formula is C12H20BP. The second-order valence-electron chi connectivity index (χ2n) is 5.27. The minimum atomic E-state index is -0.852. The molecule has 0 nitrogen and oxygen atoms in total. The van der Waals surface area contributed by atoms with Crippen LogP contribution in [0.1, 0.15) is 18.4 Å². The molecule has 0 N–H and O–H groups in total. The van der Waals surface area contributed by atoms with E-state index in [4.69, 9.17) is 0 Å². The van der Waals surface area contributed by atoms with Crippen molar-refractivity contribution >= 4 is 14.7 Å². The first-order chi connectivity index (χ1) is 6.68. The van der Waals surface area contributed by atoms with Crippen molar-refractivity contribution in [1.29, 1.82) is 0 Å². The third kappa shape index (κ3) is 2.20. The van der Waals surface area contributed by atoms with E-state index in [0.29, 0.717) is 0 Å². The van der Waals surface area contributed by atoms with Crippen molar-refractivity contribution in [3.63, 3.8) is 0 Å². The summed E-state index contributed by atoms with van der Waals surface area (Å²) in [5.41, 5.74) is 2.57. The van der Waals surface area contributed by atoms with Gasteiger partial charge in [0.2, 0.25) is 0 Å². The number of rotatable bonds is 2. The van der Waals surface area contributed by atoms with Crippen LogP contribution in [0.25, 0.3) is 0 Å². The monoisotopic (exact) mass is 206 g/mol. The van der Waals surface area contributed by atoms with E-state index >= 15 is 0 Å². The van der Waals surface area contributed by atoms with Gasteiger partial charge >= 0.3 is 88.4 Å². The van der Waals surface area contributed by atoms with Crippen molar-refractivity contribution in [2.75, 3.05) is 12.8 Å². The normalized spacial score (nSPS) is 27.4. The molecule has 1 aliphatic heterocycles. The molecule has 76 valence electrons. The zero-order valence-electron chi connectivity index (χ0n) is 9.29. The molecule has 1 aliphatic rings. The van der Waals surface area contributed by atoms with Crippen LogP contribution in [0.2, 0.25) is 0 Å². The molecule has 1 fully saturated rings. The van der Waals surface area contributed by atoms with Crippen LogP contribution >= 0.6 is 7.14 Å². The first-order valence-corrected chi connectivity index (χ1v) is 9.01. The molecule has 0 spiro atoms. The van der Waals surface area contributed by atoms with Crippen molar-refractivity contribution in [3.05, 3.63) is 35.9 Å². The van der Waals surface area contributed by atoms with Crippen molar-refractivity contribution in [3.8, 4) is 0 Å². The van der Waals surface area contributed by atoms with Crippen LogP contribution in [0, 0.1) is 0 Å². The van der Waals surface area contributed by atoms with Crippen LogP contribution in [0.5, 0.6) is 0 Å². The van der Waals surface area contributed by atoms with E-state index in [9.17, 15) is 0 Å². The Morgan fingerprint density at radius 1 is 1.36 bits per heavy atom. The minimum absolute atomic E-state index is 0.852. The predicted molar refractivity (Wildman–Crippen MR) is 70.8 cm³/mol. The summed E-state index contributed by atoms with van der Waals surface area (Å²) in [4.78, 5) is 0. The molecule has 1 saturated heterocycles. The Balaban J connectivity index is 2.05. The van der Waals surface area contributed by atoms with E-state index in [1.165, 1.54) is 19.3 Å². The molecule has 1 aromatic rings. The third-order valence-corrected chi connectivity index (χ3v) is 8.15. The molecule has 1 heterocycles. The summed E-state index contributed by atoms with van der Waals surface area (Å²) in [5.74, 6) is 0. The molecule has 0 saturated carbocycles.